The van der Waals surface area contributed by atoms with E-state index in [1.54, 1.807) is 36.4 Å². The predicted octanol–water partition coefficient (Wildman–Crippen LogP) is 3.51. The molecule has 2 N–H and O–H groups in total. The first-order valence-electron chi connectivity index (χ1n) is 6.63. The summed E-state index contributed by atoms with van der Waals surface area (Å²) in [6, 6.07) is 10.3. The first kappa shape index (κ1) is 17.3. The zero-order valence-corrected chi connectivity index (χ0v) is 14.6. The van der Waals surface area contributed by atoms with Crippen LogP contribution in [0.25, 0.3) is 0 Å². The molecule has 5 nitrogen and oxygen atoms in total. The molecule has 2 aromatic carbocycles. The zero-order chi connectivity index (χ0) is 16.8. The first-order valence-corrected chi connectivity index (χ1v) is 7.80. The number of amides is 1. The number of carbonyl (C=O) groups excluding carboxylic acids is 1. The van der Waals surface area contributed by atoms with Crippen LogP contribution in [0.1, 0.15) is 11.1 Å². The Morgan fingerprint density at radius 3 is 2.70 bits per heavy atom. The van der Waals surface area contributed by atoms with E-state index < -0.39 is 0 Å². The summed E-state index contributed by atoms with van der Waals surface area (Å²) in [6.07, 6.45) is 1.63. The average Bonchev–Trinajstić information content (AvgIpc) is 2.54. The van der Waals surface area contributed by atoms with Gasteiger partial charge in [-0.25, -0.2) is 5.43 Å². The number of carbonyl (C=O) groups is 1. The Balaban J connectivity index is 1.97. The van der Waals surface area contributed by atoms with Gasteiger partial charge in [0.05, 0.1) is 24.2 Å². The van der Waals surface area contributed by atoms with Crippen molar-refractivity contribution in [2.45, 2.75) is 6.42 Å². The summed E-state index contributed by atoms with van der Waals surface area (Å²) < 4.78 is 5.43. The van der Waals surface area contributed by atoms with Crippen molar-refractivity contribution in [2.24, 2.45) is 5.10 Å². The maximum atomic E-state index is 11.8. The summed E-state index contributed by atoms with van der Waals surface area (Å²) in [5, 5.41) is 14.4. The second kappa shape index (κ2) is 7.99. The molecule has 2 rings (SSSR count). The topological polar surface area (TPSA) is 70.9 Å². The van der Waals surface area contributed by atoms with Gasteiger partial charge in [0.2, 0.25) is 5.91 Å². The second-order valence-electron chi connectivity index (χ2n) is 4.62. The molecule has 0 aliphatic heterocycles. The molecule has 120 valence electrons. The van der Waals surface area contributed by atoms with Crippen LogP contribution < -0.4 is 10.2 Å². The van der Waals surface area contributed by atoms with Crippen molar-refractivity contribution in [3.63, 3.8) is 0 Å². The number of phenols is 1. The van der Waals surface area contributed by atoms with E-state index in [1.165, 1.54) is 13.3 Å². The number of nitrogens with one attached hydrogen (secondary N) is 1. The number of hydrazone groups is 1. The summed E-state index contributed by atoms with van der Waals surface area (Å²) in [6.45, 7) is 0. The molecule has 0 bridgehead atoms. The standard InChI is InChI=1S/C16H14BrClN2O3/c1-23-13-7-4-11(15(17)16(13)22)9-19-20-14(21)8-10-2-5-12(18)6-3-10/h2-7,9,22H,8H2,1H3,(H,20,21)/b19-9-. The van der Waals surface area contributed by atoms with Gasteiger partial charge in [0.15, 0.2) is 11.5 Å². The average molecular weight is 398 g/mol. The van der Waals surface area contributed by atoms with Gasteiger partial charge in [0.25, 0.3) is 0 Å². The van der Waals surface area contributed by atoms with Gasteiger partial charge in [-0.3, -0.25) is 4.79 Å². The molecule has 2 aromatic rings. The molecular weight excluding hydrogens is 384 g/mol. The summed E-state index contributed by atoms with van der Waals surface area (Å²) in [4.78, 5) is 11.8. The third-order valence-corrected chi connectivity index (χ3v) is 4.09. The number of ether oxygens (including phenoxy) is 1. The minimum Gasteiger partial charge on any atom is -0.503 e. The molecular formula is C16H14BrClN2O3. The van der Waals surface area contributed by atoms with Gasteiger partial charge in [-0.15, -0.1) is 0 Å². The van der Waals surface area contributed by atoms with Crippen LogP contribution in [-0.4, -0.2) is 24.3 Å². The van der Waals surface area contributed by atoms with Crippen molar-refractivity contribution in [3.8, 4) is 11.5 Å². The fourth-order valence-electron chi connectivity index (χ4n) is 1.83. The molecule has 0 saturated heterocycles. The summed E-state index contributed by atoms with van der Waals surface area (Å²) in [5.74, 6) is 0.0715. The molecule has 0 aromatic heterocycles. The van der Waals surface area contributed by atoms with Crippen LogP contribution in [0.3, 0.4) is 0 Å². The van der Waals surface area contributed by atoms with Crippen molar-refractivity contribution in [1.82, 2.24) is 5.43 Å². The SMILES string of the molecule is COc1ccc(/C=N\NC(=O)Cc2ccc(Cl)cc2)c(Br)c1O. The van der Waals surface area contributed by atoms with Crippen LogP contribution in [0.5, 0.6) is 11.5 Å². The summed E-state index contributed by atoms with van der Waals surface area (Å²) in [5.41, 5.74) is 3.88. The Hall–Kier alpha value is -2.05. The Morgan fingerprint density at radius 2 is 2.04 bits per heavy atom. The van der Waals surface area contributed by atoms with Gasteiger partial charge >= 0.3 is 0 Å². The molecule has 0 saturated carbocycles. The molecule has 0 aliphatic rings. The van der Waals surface area contributed by atoms with Crippen molar-refractivity contribution in [3.05, 3.63) is 57.0 Å². The fourth-order valence-corrected chi connectivity index (χ4v) is 2.38. The normalized spacial score (nSPS) is 10.7. The van der Waals surface area contributed by atoms with Gasteiger partial charge in [-0.05, 0) is 45.8 Å². The monoisotopic (exact) mass is 396 g/mol. The van der Waals surface area contributed by atoms with E-state index in [9.17, 15) is 9.90 Å². The number of hydrogen-bond donors (Lipinski definition) is 2. The minimum atomic E-state index is -0.252. The maximum absolute atomic E-state index is 11.8. The number of methoxy groups -OCH3 is 1. The Labute approximate surface area is 147 Å². The van der Waals surface area contributed by atoms with Gasteiger partial charge in [-0.1, -0.05) is 23.7 Å². The van der Waals surface area contributed by atoms with Crippen molar-refractivity contribution < 1.29 is 14.6 Å². The molecule has 0 spiro atoms. The molecule has 0 fully saturated rings. The van der Waals surface area contributed by atoms with Gasteiger partial charge in [0, 0.05) is 10.6 Å². The third-order valence-electron chi connectivity index (χ3n) is 3.00. The van der Waals surface area contributed by atoms with E-state index in [2.05, 4.69) is 26.5 Å². The lowest BCUT2D eigenvalue weighted by Gasteiger charge is -2.07. The molecule has 0 heterocycles. The first-order chi connectivity index (χ1) is 11.0. The lowest BCUT2D eigenvalue weighted by atomic mass is 10.1. The van der Waals surface area contributed by atoms with E-state index in [4.69, 9.17) is 16.3 Å². The Kier molecular flexibility index (Phi) is 6.01. The number of aromatic hydroxyl groups is 1. The Bertz CT molecular complexity index is 733. The van der Waals surface area contributed by atoms with Gasteiger partial charge in [-0.2, -0.15) is 5.10 Å². The minimum absolute atomic E-state index is 0.0241. The van der Waals surface area contributed by atoms with Crippen LogP contribution in [-0.2, 0) is 11.2 Å². The molecule has 23 heavy (non-hydrogen) atoms. The number of rotatable bonds is 5. The highest BCUT2D eigenvalue weighted by Gasteiger charge is 2.09. The molecule has 1 amide bonds. The van der Waals surface area contributed by atoms with Crippen molar-refractivity contribution >= 4 is 39.7 Å². The zero-order valence-electron chi connectivity index (χ0n) is 12.2. The number of nitrogens with zero attached hydrogens (tertiary/aromatic N) is 1. The predicted molar refractivity (Wildman–Crippen MR) is 93.3 cm³/mol. The molecule has 0 aliphatic carbocycles. The number of halogens is 2. The van der Waals surface area contributed by atoms with Crippen LogP contribution >= 0.6 is 27.5 Å². The highest BCUT2D eigenvalue weighted by molar-refractivity contribution is 9.10. The molecule has 0 atom stereocenters. The highest BCUT2D eigenvalue weighted by atomic mass is 79.9. The lowest BCUT2D eigenvalue weighted by molar-refractivity contribution is -0.120. The third kappa shape index (κ3) is 4.71. The summed E-state index contributed by atoms with van der Waals surface area (Å²) in [7, 11) is 1.46. The van der Waals surface area contributed by atoms with Crippen LogP contribution in [0.15, 0.2) is 46.0 Å². The largest absolute Gasteiger partial charge is 0.503 e. The van der Waals surface area contributed by atoms with E-state index in [-0.39, 0.29) is 18.1 Å². The van der Waals surface area contributed by atoms with Crippen molar-refractivity contribution in [2.75, 3.05) is 7.11 Å². The number of phenolic OH excluding ortho intramolecular Hbond substituents is 1. The van der Waals surface area contributed by atoms with E-state index >= 15 is 0 Å². The smallest absolute Gasteiger partial charge is 0.244 e. The maximum Gasteiger partial charge on any atom is 0.244 e. The highest BCUT2D eigenvalue weighted by Crippen LogP contribution is 2.35. The quantitative estimate of drug-likeness (QED) is 0.599. The van der Waals surface area contributed by atoms with E-state index in [0.717, 1.165) is 5.56 Å². The fraction of sp³-hybridized carbons (Fsp3) is 0.125. The second-order valence-corrected chi connectivity index (χ2v) is 5.85. The Morgan fingerprint density at radius 1 is 1.35 bits per heavy atom. The molecule has 0 unspecified atom stereocenters. The number of benzene rings is 2. The van der Waals surface area contributed by atoms with Gasteiger partial charge < -0.3 is 9.84 Å². The van der Waals surface area contributed by atoms with Crippen LogP contribution in [0.4, 0.5) is 0 Å². The number of hydrogen-bond acceptors (Lipinski definition) is 4. The van der Waals surface area contributed by atoms with Gasteiger partial charge in [0.1, 0.15) is 0 Å². The van der Waals surface area contributed by atoms with Crippen LogP contribution in [0, 0.1) is 0 Å². The lowest BCUT2D eigenvalue weighted by Crippen LogP contribution is -2.19. The van der Waals surface area contributed by atoms with E-state index in [0.29, 0.717) is 20.8 Å². The molecule has 7 heteroatoms. The van der Waals surface area contributed by atoms with E-state index in [1.807, 2.05) is 0 Å². The van der Waals surface area contributed by atoms with Crippen LogP contribution in [0.2, 0.25) is 5.02 Å². The molecule has 0 radical (unpaired) electrons. The summed E-state index contributed by atoms with van der Waals surface area (Å²) >= 11 is 9.04. The van der Waals surface area contributed by atoms with Crippen molar-refractivity contribution in [1.29, 1.82) is 0 Å².